The van der Waals surface area contributed by atoms with Gasteiger partial charge in [-0.05, 0) is 37.1 Å². The number of rotatable bonds is 8. The quantitative estimate of drug-likeness (QED) is 0.420. The molecule has 1 atom stereocenters. The fraction of sp³-hybridized carbons (Fsp3) is 0.435. The molecule has 1 aromatic carbocycles. The number of hydrogen-bond acceptors (Lipinski definition) is 6. The summed E-state index contributed by atoms with van der Waals surface area (Å²) in [5.74, 6) is -1.43. The maximum absolute atomic E-state index is 13.4. The van der Waals surface area contributed by atoms with Crippen LogP contribution in [-0.4, -0.2) is 45.6 Å². The van der Waals surface area contributed by atoms with Gasteiger partial charge in [0.15, 0.2) is 0 Å². The van der Waals surface area contributed by atoms with Crippen LogP contribution in [0.1, 0.15) is 35.6 Å². The smallest absolute Gasteiger partial charge is 0.328 e. The number of benzene rings is 1. The van der Waals surface area contributed by atoms with Crippen molar-refractivity contribution in [1.29, 1.82) is 0 Å². The predicted octanol–water partition coefficient (Wildman–Crippen LogP) is 1.78. The number of esters is 1. The fourth-order valence-corrected chi connectivity index (χ4v) is 4.12. The molecule has 0 aliphatic heterocycles. The first kappa shape index (κ1) is 23.3. The molecule has 0 aliphatic carbocycles. The van der Waals surface area contributed by atoms with Crippen LogP contribution < -0.4 is 11.2 Å². The van der Waals surface area contributed by atoms with Gasteiger partial charge >= 0.3 is 11.7 Å². The van der Waals surface area contributed by atoms with Crippen molar-refractivity contribution in [2.45, 2.75) is 32.2 Å². The summed E-state index contributed by atoms with van der Waals surface area (Å²) in [4.78, 5) is 38.0. The average Bonchev–Trinajstić information content (AvgIpc) is 2.98. The molecule has 9 heteroatoms. The van der Waals surface area contributed by atoms with Gasteiger partial charge in [-0.25, -0.2) is 4.79 Å². The molecule has 0 radical (unpaired) electrons. The molecule has 3 rings (SSSR count). The number of aromatic hydroxyl groups is 1. The number of ether oxygens (including phenoxy) is 2. The Hall–Kier alpha value is -3.33. The molecule has 0 saturated heterocycles. The van der Waals surface area contributed by atoms with Crippen LogP contribution in [0.5, 0.6) is 5.75 Å². The summed E-state index contributed by atoms with van der Waals surface area (Å²) in [6.07, 6.45) is 0.494. The van der Waals surface area contributed by atoms with E-state index in [1.54, 1.807) is 50.9 Å². The summed E-state index contributed by atoms with van der Waals surface area (Å²) in [7, 11) is 6.22. The predicted molar refractivity (Wildman–Crippen MR) is 120 cm³/mol. The van der Waals surface area contributed by atoms with Gasteiger partial charge < -0.3 is 19.1 Å². The van der Waals surface area contributed by atoms with Crippen LogP contribution in [-0.2, 0) is 34.9 Å². The number of fused-ring (bicyclic) bond motifs is 1. The number of aromatic nitrogens is 3. The third kappa shape index (κ3) is 4.20. The van der Waals surface area contributed by atoms with Crippen LogP contribution >= 0.6 is 0 Å². The Balaban J connectivity index is 2.21. The highest BCUT2D eigenvalue weighted by Crippen LogP contribution is 2.33. The van der Waals surface area contributed by atoms with E-state index < -0.39 is 11.9 Å². The molecule has 0 amide bonds. The first-order valence-electron chi connectivity index (χ1n) is 10.4. The van der Waals surface area contributed by atoms with E-state index in [2.05, 4.69) is 0 Å². The molecule has 0 spiro atoms. The van der Waals surface area contributed by atoms with Crippen LogP contribution in [0.3, 0.4) is 0 Å². The zero-order valence-electron chi connectivity index (χ0n) is 19.0. The number of nitrogens with zero attached hydrogens (tertiary/aromatic N) is 3. The monoisotopic (exact) mass is 443 g/mol. The van der Waals surface area contributed by atoms with E-state index in [1.165, 1.54) is 22.3 Å². The minimum atomic E-state index is -0.746. The number of imidazole rings is 1. The summed E-state index contributed by atoms with van der Waals surface area (Å²) >= 11 is 0. The Kier molecular flexibility index (Phi) is 6.88. The SMILES string of the molecule is COCCCn1c(C)cc(O)c(C(CC(=O)OC)c2ccc3c(c2)n(C)c(=O)n3C)c1=O. The van der Waals surface area contributed by atoms with Crippen molar-refractivity contribution >= 4 is 17.0 Å². The van der Waals surface area contributed by atoms with E-state index in [1.807, 2.05) is 0 Å². The highest BCUT2D eigenvalue weighted by atomic mass is 16.5. The Morgan fingerprint density at radius 2 is 1.78 bits per heavy atom. The average molecular weight is 444 g/mol. The van der Waals surface area contributed by atoms with Crippen molar-refractivity contribution in [3.63, 3.8) is 0 Å². The second-order valence-corrected chi connectivity index (χ2v) is 7.87. The third-order valence-electron chi connectivity index (χ3n) is 5.90. The number of carbonyl (C=O) groups excluding carboxylic acids is 1. The Bertz CT molecular complexity index is 1270. The van der Waals surface area contributed by atoms with Crippen LogP contribution in [0.15, 0.2) is 33.9 Å². The van der Waals surface area contributed by atoms with Gasteiger partial charge in [-0.15, -0.1) is 0 Å². The molecule has 9 nitrogen and oxygen atoms in total. The van der Waals surface area contributed by atoms with Gasteiger partial charge in [0.2, 0.25) is 0 Å². The van der Waals surface area contributed by atoms with Crippen LogP contribution in [0.4, 0.5) is 0 Å². The molecule has 0 aliphatic rings. The van der Waals surface area contributed by atoms with Crippen LogP contribution in [0, 0.1) is 6.92 Å². The minimum Gasteiger partial charge on any atom is -0.507 e. The normalized spacial score (nSPS) is 12.3. The van der Waals surface area contributed by atoms with E-state index in [0.717, 1.165) is 5.52 Å². The summed E-state index contributed by atoms with van der Waals surface area (Å²) in [6.45, 7) is 2.66. The lowest BCUT2D eigenvalue weighted by atomic mass is 9.88. The first-order chi connectivity index (χ1) is 15.2. The lowest BCUT2D eigenvalue weighted by Crippen LogP contribution is -2.29. The molecule has 1 N–H and O–H groups in total. The highest BCUT2D eigenvalue weighted by Gasteiger charge is 2.27. The maximum atomic E-state index is 13.4. The topological polar surface area (TPSA) is 105 Å². The third-order valence-corrected chi connectivity index (χ3v) is 5.90. The van der Waals surface area contributed by atoms with Crippen molar-refractivity contribution in [3.05, 3.63) is 61.9 Å². The molecule has 2 heterocycles. The van der Waals surface area contributed by atoms with Crippen LogP contribution in [0.2, 0.25) is 0 Å². The maximum Gasteiger partial charge on any atom is 0.328 e. The minimum absolute atomic E-state index is 0.124. The van der Waals surface area contributed by atoms with Crippen molar-refractivity contribution in [2.24, 2.45) is 14.1 Å². The molecule has 2 aromatic heterocycles. The standard InChI is InChI=1S/C23H29N3O6/c1-14-11-19(27)21(22(29)26(14)9-6-10-31-4)16(13-20(28)32-5)15-7-8-17-18(12-15)25(3)23(30)24(17)2/h7-8,11-12,16,27H,6,9-10,13H2,1-5H3. The molecule has 0 fully saturated rings. The molecule has 3 aromatic rings. The number of carbonyl (C=O) groups is 1. The number of methoxy groups -OCH3 is 2. The Morgan fingerprint density at radius 1 is 1.09 bits per heavy atom. The lowest BCUT2D eigenvalue weighted by molar-refractivity contribution is -0.140. The van der Waals surface area contributed by atoms with Gasteiger partial charge in [-0.3, -0.25) is 18.7 Å². The van der Waals surface area contributed by atoms with Crippen molar-refractivity contribution in [1.82, 2.24) is 13.7 Å². The fourth-order valence-electron chi connectivity index (χ4n) is 4.12. The van der Waals surface area contributed by atoms with Gasteiger partial charge in [-0.1, -0.05) is 6.07 Å². The van der Waals surface area contributed by atoms with Gasteiger partial charge in [-0.2, -0.15) is 0 Å². The Morgan fingerprint density at radius 3 is 2.44 bits per heavy atom. The number of hydrogen-bond donors (Lipinski definition) is 1. The number of aryl methyl sites for hydroxylation is 3. The van der Waals surface area contributed by atoms with Gasteiger partial charge in [0.05, 0.1) is 30.1 Å². The highest BCUT2D eigenvalue weighted by molar-refractivity contribution is 5.78. The molecule has 32 heavy (non-hydrogen) atoms. The largest absolute Gasteiger partial charge is 0.507 e. The summed E-state index contributed by atoms with van der Waals surface area (Å²) in [5.41, 5.74) is 2.21. The molecule has 0 bridgehead atoms. The summed E-state index contributed by atoms with van der Waals surface area (Å²) < 4.78 is 14.6. The zero-order chi connectivity index (χ0) is 23.6. The Labute approximate surface area is 185 Å². The van der Waals surface area contributed by atoms with E-state index in [-0.39, 0.29) is 29.0 Å². The van der Waals surface area contributed by atoms with Crippen molar-refractivity contribution < 1.29 is 19.4 Å². The van der Waals surface area contributed by atoms with Gasteiger partial charge in [0, 0.05) is 46.0 Å². The molecule has 0 saturated carbocycles. The van der Waals surface area contributed by atoms with Crippen molar-refractivity contribution in [3.8, 4) is 5.75 Å². The van der Waals surface area contributed by atoms with E-state index in [9.17, 15) is 19.5 Å². The van der Waals surface area contributed by atoms with E-state index in [4.69, 9.17) is 9.47 Å². The van der Waals surface area contributed by atoms with Gasteiger partial charge in [0.25, 0.3) is 5.56 Å². The first-order valence-corrected chi connectivity index (χ1v) is 10.4. The summed E-state index contributed by atoms with van der Waals surface area (Å²) in [6, 6.07) is 6.85. The summed E-state index contributed by atoms with van der Waals surface area (Å²) in [5, 5.41) is 10.8. The zero-order valence-corrected chi connectivity index (χ0v) is 19.0. The molecule has 172 valence electrons. The second kappa shape index (κ2) is 9.44. The second-order valence-electron chi connectivity index (χ2n) is 7.87. The molecule has 1 unspecified atom stereocenters. The number of pyridine rings is 1. The van der Waals surface area contributed by atoms with E-state index in [0.29, 0.717) is 36.3 Å². The lowest BCUT2D eigenvalue weighted by Gasteiger charge is -2.20. The van der Waals surface area contributed by atoms with Gasteiger partial charge in [0.1, 0.15) is 5.75 Å². The van der Waals surface area contributed by atoms with Crippen LogP contribution in [0.25, 0.3) is 11.0 Å². The molecular weight excluding hydrogens is 414 g/mol. The van der Waals surface area contributed by atoms with Crippen molar-refractivity contribution in [2.75, 3.05) is 20.8 Å². The van der Waals surface area contributed by atoms with E-state index >= 15 is 0 Å². The molecular formula is C23H29N3O6.